The Morgan fingerprint density at radius 2 is 2.27 bits per heavy atom. The van der Waals surface area contributed by atoms with Crippen LogP contribution in [0.3, 0.4) is 0 Å². The van der Waals surface area contributed by atoms with Gasteiger partial charge >= 0.3 is 0 Å². The number of para-hydroxylation sites is 1. The van der Waals surface area contributed by atoms with Crippen molar-refractivity contribution in [2.45, 2.75) is 26.2 Å². The molecule has 0 spiro atoms. The highest BCUT2D eigenvalue weighted by Gasteiger charge is 2.20. The van der Waals surface area contributed by atoms with Crippen LogP contribution in [0.5, 0.6) is 0 Å². The van der Waals surface area contributed by atoms with E-state index in [1.807, 2.05) is 0 Å². The molecule has 0 aliphatic carbocycles. The molecule has 1 fully saturated rings. The van der Waals surface area contributed by atoms with Crippen molar-refractivity contribution in [3.05, 3.63) is 35.5 Å². The molecule has 22 heavy (non-hydrogen) atoms. The van der Waals surface area contributed by atoms with Crippen LogP contribution < -0.4 is 10.6 Å². The Hall–Kier alpha value is -1.52. The standard InChI is InChI=1S/C17H23N3O.ClH/c1-12-4-2-6-15-13(11-20-16(12)15)7-9-19-17(21)14-5-3-8-18-10-14;/h2,4,6,11,14,18,20H,3,5,7-10H2,1H3,(H,19,21);1H. The van der Waals surface area contributed by atoms with Gasteiger partial charge in [-0.15, -0.1) is 12.4 Å². The van der Waals surface area contributed by atoms with E-state index in [1.165, 1.54) is 22.0 Å². The minimum Gasteiger partial charge on any atom is -0.361 e. The molecule has 1 aromatic carbocycles. The molecule has 1 saturated heterocycles. The van der Waals surface area contributed by atoms with Gasteiger partial charge in [0.2, 0.25) is 5.91 Å². The number of H-pyrrole nitrogens is 1. The molecule has 1 unspecified atom stereocenters. The van der Waals surface area contributed by atoms with Crippen LogP contribution in [-0.4, -0.2) is 30.5 Å². The average Bonchev–Trinajstić information content (AvgIpc) is 2.93. The van der Waals surface area contributed by atoms with Gasteiger partial charge < -0.3 is 15.6 Å². The Bertz CT molecular complexity index is 632. The van der Waals surface area contributed by atoms with Crippen LogP contribution in [0.1, 0.15) is 24.0 Å². The molecule has 5 heteroatoms. The molecule has 1 amide bonds. The van der Waals surface area contributed by atoms with Crippen LogP contribution in [0.25, 0.3) is 10.9 Å². The number of benzene rings is 1. The van der Waals surface area contributed by atoms with Crippen molar-refractivity contribution < 1.29 is 4.79 Å². The van der Waals surface area contributed by atoms with Gasteiger partial charge in [-0.3, -0.25) is 4.79 Å². The summed E-state index contributed by atoms with van der Waals surface area (Å²) in [5, 5.41) is 7.63. The summed E-state index contributed by atoms with van der Waals surface area (Å²) in [4.78, 5) is 15.4. The Labute approximate surface area is 137 Å². The molecule has 1 aliphatic rings. The molecule has 120 valence electrons. The summed E-state index contributed by atoms with van der Waals surface area (Å²) in [6.07, 6.45) is 5.03. The first-order valence-electron chi connectivity index (χ1n) is 7.79. The fourth-order valence-electron chi connectivity index (χ4n) is 3.11. The number of nitrogens with one attached hydrogen (secondary N) is 3. The fourth-order valence-corrected chi connectivity index (χ4v) is 3.11. The fraction of sp³-hybridized carbons (Fsp3) is 0.471. The molecular weight excluding hydrogens is 298 g/mol. The summed E-state index contributed by atoms with van der Waals surface area (Å²) in [6.45, 7) is 4.67. The minimum absolute atomic E-state index is 0. The van der Waals surface area contributed by atoms with Gasteiger partial charge in [0.05, 0.1) is 5.92 Å². The monoisotopic (exact) mass is 321 g/mol. The third-order valence-electron chi connectivity index (χ3n) is 4.37. The van der Waals surface area contributed by atoms with Crippen LogP contribution in [-0.2, 0) is 11.2 Å². The summed E-state index contributed by atoms with van der Waals surface area (Å²) in [5.74, 6) is 0.335. The lowest BCUT2D eigenvalue weighted by molar-refractivity contribution is -0.125. The molecule has 2 heterocycles. The summed E-state index contributed by atoms with van der Waals surface area (Å²) in [6, 6.07) is 6.34. The highest BCUT2D eigenvalue weighted by Crippen LogP contribution is 2.21. The number of hydrogen-bond acceptors (Lipinski definition) is 2. The van der Waals surface area contributed by atoms with E-state index in [4.69, 9.17) is 0 Å². The van der Waals surface area contributed by atoms with Crippen molar-refractivity contribution in [1.29, 1.82) is 0 Å². The van der Waals surface area contributed by atoms with E-state index in [9.17, 15) is 4.79 Å². The van der Waals surface area contributed by atoms with E-state index in [-0.39, 0.29) is 24.2 Å². The third-order valence-corrected chi connectivity index (χ3v) is 4.37. The molecule has 1 atom stereocenters. The summed E-state index contributed by atoms with van der Waals surface area (Å²) in [7, 11) is 0. The Morgan fingerprint density at radius 1 is 1.41 bits per heavy atom. The molecule has 1 aromatic heterocycles. The van der Waals surface area contributed by atoms with Gasteiger partial charge in [0, 0.05) is 30.2 Å². The van der Waals surface area contributed by atoms with Gasteiger partial charge in [0.15, 0.2) is 0 Å². The zero-order chi connectivity index (χ0) is 14.7. The number of piperidine rings is 1. The van der Waals surface area contributed by atoms with Gasteiger partial charge in [0.25, 0.3) is 0 Å². The Morgan fingerprint density at radius 3 is 3.05 bits per heavy atom. The number of fused-ring (bicyclic) bond motifs is 1. The van der Waals surface area contributed by atoms with Crippen LogP contribution >= 0.6 is 12.4 Å². The first-order chi connectivity index (χ1) is 10.3. The first kappa shape index (κ1) is 16.8. The van der Waals surface area contributed by atoms with Crippen molar-refractivity contribution in [2.24, 2.45) is 5.92 Å². The van der Waals surface area contributed by atoms with E-state index in [2.05, 4.69) is 46.9 Å². The lowest BCUT2D eigenvalue weighted by Crippen LogP contribution is -2.41. The molecule has 3 N–H and O–H groups in total. The highest BCUT2D eigenvalue weighted by molar-refractivity contribution is 5.86. The van der Waals surface area contributed by atoms with Crippen molar-refractivity contribution in [3.8, 4) is 0 Å². The number of halogens is 1. The maximum Gasteiger partial charge on any atom is 0.224 e. The molecule has 3 rings (SSSR count). The number of carbonyl (C=O) groups excluding carboxylic acids is 1. The van der Waals surface area contributed by atoms with Crippen LogP contribution in [0.4, 0.5) is 0 Å². The number of rotatable bonds is 4. The molecule has 0 radical (unpaired) electrons. The molecule has 2 aromatic rings. The predicted octanol–water partition coefficient (Wildman–Crippen LogP) is 2.56. The predicted molar refractivity (Wildman–Crippen MR) is 92.6 cm³/mol. The van der Waals surface area contributed by atoms with E-state index >= 15 is 0 Å². The van der Waals surface area contributed by atoms with Crippen LogP contribution in [0.2, 0.25) is 0 Å². The smallest absolute Gasteiger partial charge is 0.224 e. The Balaban J connectivity index is 0.00000176. The number of carbonyl (C=O) groups is 1. The summed E-state index contributed by atoms with van der Waals surface area (Å²) in [5.41, 5.74) is 3.74. The van der Waals surface area contributed by atoms with Crippen molar-refractivity contribution >= 4 is 29.2 Å². The second kappa shape index (κ2) is 7.65. The second-order valence-electron chi connectivity index (χ2n) is 5.90. The van der Waals surface area contributed by atoms with Crippen molar-refractivity contribution in [3.63, 3.8) is 0 Å². The van der Waals surface area contributed by atoms with E-state index in [1.54, 1.807) is 0 Å². The second-order valence-corrected chi connectivity index (χ2v) is 5.90. The van der Waals surface area contributed by atoms with Gasteiger partial charge in [0.1, 0.15) is 0 Å². The van der Waals surface area contributed by atoms with Gasteiger partial charge in [-0.2, -0.15) is 0 Å². The maximum absolute atomic E-state index is 12.1. The maximum atomic E-state index is 12.1. The number of hydrogen-bond donors (Lipinski definition) is 3. The zero-order valence-corrected chi connectivity index (χ0v) is 13.8. The molecular formula is C17H24ClN3O. The molecule has 0 bridgehead atoms. The number of aromatic nitrogens is 1. The number of aromatic amines is 1. The summed E-state index contributed by atoms with van der Waals surface area (Å²) < 4.78 is 0. The van der Waals surface area contributed by atoms with Crippen molar-refractivity contribution in [2.75, 3.05) is 19.6 Å². The SMILES string of the molecule is Cc1cccc2c(CCNC(=O)C3CCCNC3)c[nH]c12.Cl. The van der Waals surface area contributed by atoms with Crippen LogP contribution in [0.15, 0.2) is 24.4 Å². The molecule has 4 nitrogen and oxygen atoms in total. The topological polar surface area (TPSA) is 56.9 Å². The third kappa shape index (κ3) is 3.62. The number of aryl methyl sites for hydroxylation is 1. The van der Waals surface area contributed by atoms with Gasteiger partial charge in [-0.05, 0) is 43.9 Å². The lowest BCUT2D eigenvalue weighted by atomic mass is 9.99. The van der Waals surface area contributed by atoms with E-state index in [0.717, 1.165) is 32.4 Å². The van der Waals surface area contributed by atoms with Crippen LogP contribution in [0, 0.1) is 12.8 Å². The average molecular weight is 322 g/mol. The largest absolute Gasteiger partial charge is 0.361 e. The van der Waals surface area contributed by atoms with Gasteiger partial charge in [-0.1, -0.05) is 18.2 Å². The van der Waals surface area contributed by atoms with E-state index < -0.39 is 0 Å². The van der Waals surface area contributed by atoms with E-state index in [0.29, 0.717) is 6.54 Å². The quantitative estimate of drug-likeness (QED) is 0.810. The zero-order valence-electron chi connectivity index (χ0n) is 12.9. The minimum atomic E-state index is 0. The first-order valence-corrected chi connectivity index (χ1v) is 7.79. The molecule has 1 aliphatic heterocycles. The van der Waals surface area contributed by atoms with Gasteiger partial charge in [-0.25, -0.2) is 0 Å². The highest BCUT2D eigenvalue weighted by atomic mass is 35.5. The lowest BCUT2D eigenvalue weighted by Gasteiger charge is -2.21. The normalized spacial score (nSPS) is 18.0. The molecule has 0 saturated carbocycles. The van der Waals surface area contributed by atoms with Crippen molar-refractivity contribution in [1.82, 2.24) is 15.6 Å². The summed E-state index contributed by atoms with van der Waals surface area (Å²) >= 11 is 0. The number of amides is 1. The Kier molecular flexibility index (Phi) is 5.86.